The maximum Gasteiger partial charge on any atom is 0.217 e. The highest BCUT2D eigenvalue weighted by atomic mass is 19.1. The van der Waals surface area contributed by atoms with Crippen LogP contribution in [-0.2, 0) is 4.79 Å². The van der Waals surface area contributed by atoms with E-state index < -0.39 is 29.7 Å². The summed E-state index contributed by atoms with van der Waals surface area (Å²) in [6.45, 7) is 1.25. The molecule has 0 bridgehead atoms. The van der Waals surface area contributed by atoms with Crippen molar-refractivity contribution in [1.29, 1.82) is 0 Å². The van der Waals surface area contributed by atoms with Gasteiger partial charge < -0.3 is 5.32 Å². The summed E-state index contributed by atoms with van der Waals surface area (Å²) >= 11 is 0. The molecular weight excluding hydrogens is 288 g/mol. The van der Waals surface area contributed by atoms with Gasteiger partial charge in [-0.25, -0.2) is 8.78 Å². The highest BCUT2D eigenvalue weighted by Gasteiger charge is 2.30. The number of ketones is 1. The van der Waals surface area contributed by atoms with Crippen LogP contribution in [0.4, 0.5) is 8.78 Å². The third-order valence-electron chi connectivity index (χ3n) is 3.19. The highest BCUT2D eigenvalue weighted by Crippen LogP contribution is 2.23. The molecule has 2 atom stereocenters. The molecule has 2 aromatic carbocycles. The molecule has 1 amide bonds. The normalized spacial score (nSPS) is 13.2. The molecule has 0 spiro atoms. The summed E-state index contributed by atoms with van der Waals surface area (Å²) in [5, 5.41) is 2.45. The minimum absolute atomic E-state index is 0.0557. The van der Waals surface area contributed by atoms with Crippen molar-refractivity contribution in [3.8, 4) is 0 Å². The molecule has 22 heavy (non-hydrogen) atoms. The van der Waals surface area contributed by atoms with Gasteiger partial charge in [-0.3, -0.25) is 9.59 Å². The van der Waals surface area contributed by atoms with Crippen LogP contribution in [0.3, 0.4) is 0 Å². The van der Waals surface area contributed by atoms with Gasteiger partial charge in [0.2, 0.25) is 5.91 Å². The van der Waals surface area contributed by atoms with Gasteiger partial charge in [-0.15, -0.1) is 0 Å². The van der Waals surface area contributed by atoms with Crippen LogP contribution in [0.1, 0.15) is 28.9 Å². The molecule has 0 saturated carbocycles. The van der Waals surface area contributed by atoms with Crippen LogP contribution in [0.15, 0.2) is 54.6 Å². The topological polar surface area (TPSA) is 46.2 Å². The van der Waals surface area contributed by atoms with Crippen LogP contribution in [-0.4, -0.2) is 17.9 Å². The lowest BCUT2D eigenvalue weighted by Crippen LogP contribution is -2.37. The van der Waals surface area contributed by atoms with E-state index in [1.807, 2.05) is 0 Å². The second-order valence-corrected chi connectivity index (χ2v) is 4.86. The number of rotatable bonds is 5. The van der Waals surface area contributed by atoms with Gasteiger partial charge in [-0.1, -0.05) is 30.3 Å². The zero-order valence-electron chi connectivity index (χ0n) is 11.9. The summed E-state index contributed by atoms with van der Waals surface area (Å²) in [6, 6.07) is 11.9. The first kappa shape index (κ1) is 15.8. The van der Waals surface area contributed by atoms with Crippen molar-refractivity contribution >= 4 is 11.7 Å². The Kier molecular flexibility index (Phi) is 4.99. The average molecular weight is 303 g/mol. The van der Waals surface area contributed by atoms with Crippen LogP contribution in [0.25, 0.3) is 0 Å². The first-order chi connectivity index (χ1) is 10.5. The van der Waals surface area contributed by atoms with Gasteiger partial charge in [0, 0.05) is 12.5 Å². The number of halogens is 2. The second-order valence-electron chi connectivity index (χ2n) is 4.86. The van der Waals surface area contributed by atoms with E-state index >= 15 is 0 Å². The largest absolute Gasteiger partial charge is 0.346 e. The number of hydrogen-bond donors (Lipinski definition) is 1. The molecule has 2 rings (SSSR count). The van der Waals surface area contributed by atoms with Crippen LogP contribution in [0.2, 0.25) is 0 Å². The standard InChI is InChI=1S/C17H15F2NO2/c1-11(21)20-16(12-5-3-2-4-6-12)15(19)17(22)13-7-9-14(18)10-8-13/h2-10,15-16H,1H3,(H,20,21). The molecule has 5 heteroatoms. The van der Waals surface area contributed by atoms with Crippen molar-refractivity contribution in [3.05, 3.63) is 71.5 Å². The Balaban J connectivity index is 2.28. The molecule has 0 aliphatic rings. The van der Waals surface area contributed by atoms with Crippen molar-refractivity contribution < 1.29 is 18.4 Å². The number of nitrogens with one attached hydrogen (secondary N) is 1. The zero-order chi connectivity index (χ0) is 16.1. The van der Waals surface area contributed by atoms with Crippen LogP contribution >= 0.6 is 0 Å². The fourth-order valence-electron chi connectivity index (χ4n) is 2.13. The van der Waals surface area contributed by atoms with Crippen molar-refractivity contribution in [2.24, 2.45) is 0 Å². The van der Waals surface area contributed by atoms with E-state index in [1.165, 1.54) is 19.1 Å². The lowest BCUT2D eigenvalue weighted by atomic mass is 9.96. The maximum atomic E-state index is 14.6. The second kappa shape index (κ2) is 6.93. The molecule has 3 nitrogen and oxygen atoms in total. The number of Topliss-reactive ketones (excluding diaryl/α,β-unsaturated/α-hetero) is 1. The molecule has 0 aliphatic heterocycles. The predicted molar refractivity (Wildman–Crippen MR) is 78.6 cm³/mol. The molecule has 0 radical (unpaired) electrons. The van der Waals surface area contributed by atoms with E-state index in [9.17, 15) is 18.4 Å². The summed E-state index contributed by atoms with van der Waals surface area (Å²) in [5.74, 6) is -1.75. The van der Waals surface area contributed by atoms with Gasteiger partial charge in [0.15, 0.2) is 12.0 Å². The molecule has 0 aromatic heterocycles. The molecule has 2 unspecified atom stereocenters. The predicted octanol–water partition coefficient (Wildman–Crippen LogP) is 3.22. The molecule has 1 N–H and O–H groups in total. The SMILES string of the molecule is CC(=O)NC(c1ccccc1)C(F)C(=O)c1ccc(F)cc1. The Hall–Kier alpha value is -2.56. The molecule has 2 aromatic rings. The summed E-state index contributed by atoms with van der Waals surface area (Å²) in [6.07, 6.45) is -1.96. The van der Waals surface area contributed by atoms with Crippen molar-refractivity contribution in [3.63, 3.8) is 0 Å². The first-order valence-electron chi connectivity index (χ1n) is 6.75. The van der Waals surface area contributed by atoms with E-state index in [4.69, 9.17) is 0 Å². The molecule has 0 aliphatic carbocycles. The Bertz CT molecular complexity index is 656. The van der Waals surface area contributed by atoms with Gasteiger partial charge in [0.25, 0.3) is 0 Å². The van der Waals surface area contributed by atoms with E-state index in [2.05, 4.69) is 5.32 Å². The summed E-state index contributed by atoms with van der Waals surface area (Å²) in [7, 11) is 0. The van der Waals surface area contributed by atoms with Gasteiger partial charge in [0.05, 0.1) is 6.04 Å². The van der Waals surface area contributed by atoms with Gasteiger partial charge >= 0.3 is 0 Å². The lowest BCUT2D eigenvalue weighted by molar-refractivity contribution is -0.120. The summed E-state index contributed by atoms with van der Waals surface area (Å²) < 4.78 is 27.5. The van der Waals surface area contributed by atoms with Gasteiger partial charge in [-0.05, 0) is 29.8 Å². The molecule has 0 heterocycles. The first-order valence-corrected chi connectivity index (χ1v) is 6.75. The Labute approximate surface area is 127 Å². The van der Waals surface area contributed by atoms with E-state index in [-0.39, 0.29) is 5.56 Å². The van der Waals surface area contributed by atoms with E-state index in [0.29, 0.717) is 5.56 Å². The number of benzene rings is 2. The third kappa shape index (κ3) is 3.75. The van der Waals surface area contributed by atoms with E-state index in [1.54, 1.807) is 30.3 Å². The molecule has 114 valence electrons. The average Bonchev–Trinajstić information content (AvgIpc) is 2.52. The monoisotopic (exact) mass is 303 g/mol. The highest BCUT2D eigenvalue weighted by molar-refractivity contribution is 6.00. The quantitative estimate of drug-likeness (QED) is 0.862. The fraction of sp³-hybridized carbons (Fsp3) is 0.176. The molecular formula is C17H15F2NO2. The van der Waals surface area contributed by atoms with E-state index in [0.717, 1.165) is 12.1 Å². The number of alkyl halides is 1. The zero-order valence-corrected chi connectivity index (χ0v) is 11.9. The Morgan fingerprint density at radius 2 is 1.59 bits per heavy atom. The van der Waals surface area contributed by atoms with Crippen LogP contribution in [0, 0.1) is 5.82 Å². The summed E-state index contributed by atoms with van der Waals surface area (Å²) in [4.78, 5) is 23.5. The minimum atomic E-state index is -1.96. The maximum absolute atomic E-state index is 14.6. The molecule has 0 saturated heterocycles. The summed E-state index contributed by atoms with van der Waals surface area (Å²) in [5.41, 5.74) is 0.542. The Morgan fingerprint density at radius 1 is 1.00 bits per heavy atom. The minimum Gasteiger partial charge on any atom is -0.346 e. The number of amides is 1. The lowest BCUT2D eigenvalue weighted by Gasteiger charge is -2.21. The third-order valence-corrected chi connectivity index (χ3v) is 3.19. The number of carbonyl (C=O) groups excluding carboxylic acids is 2. The molecule has 0 fully saturated rings. The fourth-order valence-corrected chi connectivity index (χ4v) is 2.13. The number of hydrogen-bond acceptors (Lipinski definition) is 2. The van der Waals surface area contributed by atoms with Crippen molar-refractivity contribution in [2.75, 3.05) is 0 Å². The number of carbonyl (C=O) groups is 2. The van der Waals surface area contributed by atoms with Crippen LogP contribution < -0.4 is 5.32 Å². The van der Waals surface area contributed by atoms with Crippen molar-refractivity contribution in [2.45, 2.75) is 19.1 Å². The van der Waals surface area contributed by atoms with Crippen molar-refractivity contribution in [1.82, 2.24) is 5.32 Å². The van der Waals surface area contributed by atoms with Gasteiger partial charge in [0.1, 0.15) is 5.82 Å². The Morgan fingerprint density at radius 3 is 2.14 bits per heavy atom. The smallest absolute Gasteiger partial charge is 0.217 e. The van der Waals surface area contributed by atoms with Crippen LogP contribution in [0.5, 0.6) is 0 Å². The van der Waals surface area contributed by atoms with Gasteiger partial charge in [-0.2, -0.15) is 0 Å².